The standard InChI is InChI=1S/C16H22O3S/c1-3-5-6-15(17)13-7-9-14(10-8-13)20-12-11-16(18)19-4-2/h7-10H,3-6,11-12H2,1-2H3. The first-order valence-corrected chi connectivity index (χ1v) is 8.07. The van der Waals surface area contributed by atoms with Crippen molar-refractivity contribution in [3.8, 4) is 0 Å². The summed E-state index contributed by atoms with van der Waals surface area (Å²) in [4.78, 5) is 24.1. The van der Waals surface area contributed by atoms with E-state index in [9.17, 15) is 9.59 Å². The van der Waals surface area contributed by atoms with Crippen LogP contribution in [0.4, 0.5) is 0 Å². The second-order valence-corrected chi connectivity index (χ2v) is 5.62. The van der Waals surface area contributed by atoms with Gasteiger partial charge in [-0.1, -0.05) is 25.5 Å². The SMILES string of the molecule is CCCCC(=O)c1ccc(SCCC(=O)OCC)cc1. The second kappa shape index (κ2) is 9.59. The van der Waals surface area contributed by atoms with Crippen LogP contribution in [0.5, 0.6) is 0 Å². The largest absolute Gasteiger partial charge is 0.466 e. The predicted octanol–water partition coefficient (Wildman–Crippen LogP) is 4.10. The molecule has 4 heteroatoms. The Balaban J connectivity index is 2.38. The maximum atomic E-state index is 11.8. The highest BCUT2D eigenvalue weighted by Gasteiger charge is 2.06. The third kappa shape index (κ3) is 6.24. The summed E-state index contributed by atoms with van der Waals surface area (Å²) >= 11 is 1.60. The lowest BCUT2D eigenvalue weighted by Crippen LogP contribution is -2.04. The Bertz CT molecular complexity index is 426. The third-order valence-corrected chi connectivity index (χ3v) is 3.83. The van der Waals surface area contributed by atoms with Gasteiger partial charge in [-0.3, -0.25) is 9.59 Å². The van der Waals surface area contributed by atoms with Crippen molar-refractivity contribution in [1.29, 1.82) is 0 Å². The Morgan fingerprint density at radius 1 is 1.10 bits per heavy atom. The van der Waals surface area contributed by atoms with E-state index in [-0.39, 0.29) is 11.8 Å². The van der Waals surface area contributed by atoms with Crippen LogP contribution in [0.1, 0.15) is 49.9 Å². The fourth-order valence-electron chi connectivity index (χ4n) is 1.70. The van der Waals surface area contributed by atoms with E-state index in [2.05, 4.69) is 6.92 Å². The lowest BCUT2D eigenvalue weighted by molar-refractivity contribution is -0.142. The molecule has 1 rings (SSSR count). The van der Waals surface area contributed by atoms with Crippen molar-refractivity contribution in [2.75, 3.05) is 12.4 Å². The third-order valence-electron chi connectivity index (χ3n) is 2.81. The Kier molecular flexibility index (Phi) is 8.04. The molecule has 0 radical (unpaired) electrons. The fourth-order valence-corrected chi connectivity index (χ4v) is 2.54. The quantitative estimate of drug-likeness (QED) is 0.390. The smallest absolute Gasteiger partial charge is 0.306 e. The molecule has 0 fully saturated rings. The molecule has 20 heavy (non-hydrogen) atoms. The summed E-state index contributed by atoms with van der Waals surface area (Å²) in [5.41, 5.74) is 0.771. The number of thioether (sulfide) groups is 1. The number of rotatable bonds is 9. The lowest BCUT2D eigenvalue weighted by Gasteiger charge is -2.04. The van der Waals surface area contributed by atoms with Crippen LogP contribution in [0.25, 0.3) is 0 Å². The monoisotopic (exact) mass is 294 g/mol. The van der Waals surface area contributed by atoms with Crippen molar-refractivity contribution in [1.82, 2.24) is 0 Å². The summed E-state index contributed by atoms with van der Waals surface area (Å²) < 4.78 is 4.87. The number of unbranched alkanes of at least 4 members (excludes halogenated alkanes) is 1. The molecule has 1 aromatic carbocycles. The van der Waals surface area contributed by atoms with Crippen LogP contribution in [0.15, 0.2) is 29.2 Å². The van der Waals surface area contributed by atoms with Gasteiger partial charge in [0.05, 0.1) is 13.0 Å². The summed E-state index contributed by atoms with van der Waals surface area (Å²) in [7, 11) is 0. The first-order valence-electron chi connectivity index (χ1n) is 7.09. The molecule has 0 aromatic heterocycles. The summed E-state index contributed by atoms with van der Waals surface area (Å²) in [5, 5.41) is 0. The molecule has 0 aliphatic heterocycles. The normalized spacial score (nSPS) is 10.3. The maximum absolute atomic E-state index is 11.8. The molecular formula is C16H22O3S. The minimum atomic E-state index is -0.161. The molecule has 0 saturated carbocycles. The second-order valence-electron chi connectivity index (χ2n) is 4.45. The van der Waals surface area contributed by atoms with Gasteiger partial charge < -0.3 is 4.74 Å². The number of Topliss-reactive ketones (excluding diaryl/α,β-unsaturated/α-hetero) is 1. The fraction of sp³-hybridized carbons (Fsp3) is 0.500. The molecule has 0 atom stereocenters. The van der Waals surface area contributed by atoms with Gasteiger partial charge in [-0.05, 0) is 25.5 Å². The number of ether oxygens (including phenoxy) is 1. The van der Waals surface area contributed by atoms with E-state index in [1.165, 1.54) is 0 Å². The summed E-state index contributed by atoms with van der Waals surface area (Å²) in [6.45, 7) is 4.31. The zero-order valence-corrected chi connectivity index (χ0v) is 13.0. The van der Waals surface area contributed by atoms with Crippen LogP contribution in [0, 0.1) is 0 Å². The topological polar surface area (TPSA) is 43.4 Å². The molecule has 1 aromatic rings. The Morgan fingerprint density at radius 2 is 1.80 bits per heavy atom. The van der Waals surface area contributed by atoms with Gasteiger partial charge in [-0.2, -0.15) is 0 Å². The maximum Gasteiger partial charge on any atom is 0.306 e. The molecule has 0 aliphatic rings. The van der Waals surface area contributed by atoms with Crippen LogP contribution in [0.3, 0.4) is 0 Å². The van der Waals surface area contributed by atoms with Crippen LogP contribution < -0.4 is 0 Å². The van der Waals surface area contributed by atoms with Gasteiger partial charge >= 0.3 is 5.97 Å². The minimum absolute atomic E-state index is 0.161. The number of ketones is 1. The number of hydrogen-bond donors (Lipinski definition) is 0. The van der Waals surface area contributed by atoms with E-state index >= 15 is 0 Å². The van der Waals surface area contributed by atoms with Crippen LogP contribution in [-0.4, -0.2) is 24.1 Å². The van der Waals surface area contributed by atoms with Crippen molar-refractivity contribution in [3.05, 3.63) is 29.8 Å². The summed E-state index contributed by atoms with van der Waals surface area (Å²) in [6.07, 6.45) is 3.00. The van der Waals surface area contributed by atoms with Crippen molar-refractivity contribution < 1.29 is 14.3 Å². The number of hydrogen-bond acceptors (Lipinski definition) is 4. The molecule has 3 nitrogen and oxygen atoms in total. The van der Waals surface area contributed by atoms with Crippen LogP contribution in [-0.2, 0) is 9.53 Å². The zero-order chi connectivity index (χ0) is 14.8. The Morgan fingerprint density at radius 3 is 2.40 bits per heavy atom. The number of benzene rings is 1. The van der Waals surface area contributed by atoms with Crippen molar-refractivity contribution in [3.63, 3.8) is 0 Å². The molecule has 0 heterocycles. The van der Waals surface area contributed by atoms with Crippen molar-refractivity contribution in [2.45, 2.75) is 44.4 Å². The van der Waals surface area contributed by atoms with Crippen LogP contribution in [0.2, 0.25) is 0 Å². The van der Waals surface area contributed by atoms with E-state index in [0.29, 0.717) is 25.2 Å². The average Bonchev–Trinajstić information content (AvgIpc) is 2.46. The summed E-state index contributed by atoms with van der Waals surface area (Å²) in [6, 6.07) is 7.61. The first kappa shape index (κ1) is 16.8. The van der Waals surface area contributed by atoms with Gasteiger partial charge in [0.1, 0.15) is 0 Å². The molecule has 0 amide bonds. The number of carbonyl (C=O) groups is 2. The molecule has 0 bridgehead atoms. The highest BCUT2D eigenvalue weighted by atomic mass is 32.2. The molecule has 0 aliphatic carbocycles. The van der Waals surface area contributed by atoms with Gasteiger partial charge in [0, 0.05) is 22.6 Å². The van der Waals surface area contributed by atoms with Gasteiger partial charge in [-0.15, -0.1) is 11.8 Å². The number of esters is 1. The van der Waals surface area contributed by atoms with Crippen molar-refractivity contribution >= 4 is 23.5 Å². The van der Waals surface area contributed by atoms with Gasteiger partial charge in [0.25, 0.3) is 0 Å². The van der Waals surface area contributed by atoms with E-state index in [0.717, 1.165) is 23.3 Å². The highest BCUT2D eigenvalue weighted by Crippen LogP contribution is 2.20. The van der Waals surface area contributed by atoms with E-state index in [4.69, 9.17) is 4.74 Å². The Hall–Kier alpha value is -1.29. The molecule has 0 N–H and O–H groups in total. The summed E-state index contributed by atoms with van der Waals surface area (Å²) in [5.74, 6) is 0.739. The molecular weight excluding hydrogens is 272 g/mol. The van der Waals surface area contributed by atoms with Gasteiger partial charge in [-0.25, -0.2) is 0 Å². The van der Waals surface area contributed by atoms with Gasteiger partial charge in [0.2, 0.25) is 0 Å². The van der Waals surface area contributed by atoms with Crippen molar-refractivity contribution in [2.24, 2.45) is 0 Å². The molecule has 0 spiro atoms. The first-order chi connectivity index (χ1) is 9.67. The number of carbonyl (C=O) groups excluding carboxylic acids is 2. The molecule has 110 valence electrons. The molecule has 0 saturated heterocycles. The average molecular weight is 294 g/mol. The minimum Gasteiger partial charge on any atom is -0.466 e. The van der Waals surface area contributed by atoms with Gasteiger partial charge in [0.15, 0.2) is 5.78 Å². The molecule has 0 unspecified atom stereocenters. The van der Waals surface area contributed by atoms with E-state index < -0.39 is 0 Å². The predicted molar refractivity (Wildman–Crippen MR) is 82.3 cm³/mol. The Labute approximate surface area is 125 Å². The van der Waals surface area contributed by atoms with Crippen LogP contribution >= 0.6 is 11.8 Å². The van der Waals surface area contributed by atoms with E-state index in [1.807, 2.05) is 24.3 Å². The van der Waals surface area contributed by atoms with E-state index in [1.54, 1.807) is 18.7 Å². The highest BCUT2D eigenvalue weighted by molar-refractivity contribution is 7.99. The lowest BCUT2D eigenvalue weighted by atomic mass is 10.1. The zero-order valence-electron chi connectivity index (χ0n) is 12.2.